The summed E-state index contributed by atoms with van der Waals surface area (Å²) in [6.45, 7) is 2.09. The molecule has 1 unspecified atom stereocenters. The average Bonchev–Trinajstić information content (AvgIpc) is 2.88. The Morgan fingerprint density at radius 3 is 2.56 bits per heavy atom. The number of rotatable bonds is 4. The zero-order chi connectivity index (χ0) is 13.3. The number of aryl methyl sites for hydroxylation is 3. The Bertz CT molecular complexity index is 523. The van der Waals surface area contributed by atoms with E-state index in [9.17, 15) is 0 Å². The van der Waals surface area contributed by atoms with Gasteiger partial charge in [0.05, 0.1) is 34.3 Å². The average molecular weight is 268 g/mol. The van der Waals surface area contributed by atoms with Gasteiger partial charge >= 0.3 is 0 Å². The number of nitrogens with one attached hydrogen (secondary N) is 1. The van der Waals surface area contributed by atoms with Crippen LogP contribution in [0.3, 0.4) is 0 Å². The molecule has 0 radical (unpaired) electrons. The van der Waals surface area contributed by atoms with E-state index >= 15 is 0 Å². The smallest absolute Gasteiger partial charge is 0.0931 e. The van der Waals surface area contributed by atoms with Crippen molar-refractivity contribution in [2.75, 3.05) is 7.05 Å². The Morgan fingerprint density at radius 2 is 2.11 bits per heavy atom. The van der Waals surface area contributed by atoms with E-state index in [2.05, 4.69) is 28.5 Å². The molecule has 1 atom stereocenters. The van der Waals surface area contributed by atoms with Gasteiger partial charge in [0.2, 0.25) is 0 Å². The highest BCUT2D eigenvalue weighted by atomic mass is 35.5. The molecule has 2 aromatic heterocycles. The Balaban J connectivity index is 2.48. The normalized spacial score (nSPS) is 12.9. The molecule has 98 valence electrons. The molecule has 0 spiro atoms. The third-order valence-corrected chi connectivity index (χ3v) is 3.42. The second-order valence-electron chi connectivity index (χ2n) is 4.26. The fraction of sp³-hybridized carbons (Fsp3) is 0.500. The van der Waals surface area contributed by atoms with Crippen LogP contribution in [0.4, 0.5) is 0 Å². The van der Waals surface area contributed by atoms with Crippen LogP contribution >= 0.6 is 11.6 Å². The molecule has 2 aromatic rings. The highest BCUT2D eigenvalue weighted by molar-refractivity contribution is 6.31. The molecule has 0 aliphatic carbocycles. The second kappa shape index (κ2) is 5.12. The molecule has 0 aliphatic heterocycles. The Hall–Kier alpha value is -1.33. The van der Waals surface area contributed by atoms with Crippen LogP contribution in [0.15, 0.2) is 12.3 Å². The molecular formula is C12H18ClN5. The van der Waals surface area contributed by atoms with Crippen LogP contribution in [-0.2, 0) is 20.5 Å². The second-order valence-corrected chi connectivity index (χ2v) is 4.67. The summed E-state index contributed by atoms with van der Waals surface area (Å²) in [5, 5.41) is 12.6. The first-order valence-electron chi connectivity index (χ1n) is 5.96. The fourth-order valence-corrected chi connectivity index (χ4v) is 2.43. The SMILES string of the molecule is CCc1cc(C(NC)c2c(Cl)cnn2C)n(C)n1. The Morgan fingerprint density at radius 1 is 1.39 bits per heavy atom. The van der Waals surface area contributed by atoms with Crippen LogP contribution in [-0.4, -0.2) is 26.6 Å². The topological polar surface area (TPSA) is 47.7 Å². The van der Waals surface area contributed by atoms with Crippen LogP contribution in [0.25, 0.3) is 0 Å². The van der Waals surface area contributed by atoms with Gasteiger partial charge in [-0.1, -0.05) is 18.5 Å². The molecule has 2 rings (SSSR count). The third-order valence-electron chi connectivity index (χ3n) is 3.12. The molecule has 0 bridgehead atoms. The zero-order valence-electron chi connectivity index (χ0n) is 11.1. The summed E-state index contributed by atoms with van der Waals surface area (Å²) in [7, 11) is 5.75. The van der Waals surface area contributed by atoms with Gasteiger partial charge in [-0.25, -0.2) is 0 Å². The van der Waals surface area contributed by atoms with Crippen LogP contribution in [0, 0.1) is 0 Å². The Labute approximate surface area is 112 Å². The first kappa shape index (κ1) is 13.1. The molecule has 0 fully saturated rings. The van der Waals surface area contributed by atoms with E-state index in [1.165, 1.54) is 0 Å². The highest BCUT2D eigenvalue weighted by Crippen LogP contribution is 2.27. The van der Waals surface area contributed by atoms with Gasteiger partial charge in [0, 0.05) is 14.1 Å². The standard InChI is InChI=1S/C12H18ClN5/c1-5-8-6-10(17(3)16-8)11(14-2)12-9(13)7-15-18(12)4/h6-7,11,14H,5H2,1-4H3. The lowest BCUT2D eigenvalue weighted by molar-refractivity contribution is 0.560. The van der Waals surface area contributed by atoms with E-state index in [0.717, 1.165) is 23.5 Å². The minimum atomic E-state index is -0.0113. The molecule has 6 heteroatoms. The predicted molar refractivity (Wildman–Crippen MR) is 71.7 cm³/mol. The number of aromatic nitrogens is 4. The molecule has 1 N–H and O–H groups in total. The molecule has 0 aliphatic rings. The van der Waals surface area contributed by atoms with Gasteiger partial charge in [-0.05, 0) is 19.5 Å². The maximum atomic E-state index is 6.21. The van der Waals surface area contributed by atoms with Crippen molar-refractivity contribution in [1.29, 1.82) is 0 Å². The number of halogens is 1. The molecule has 0 saturated heterocycles. The summed E-state index contributed by atoms with van der Waals surface area (Å²) in [6.07, 6.45) is 2.59. The minimum absolute atomic E-state index is 0.0113. The van der Waals surface area contributed by atoms with Crippen molar-refractivity contribution >= 4 is 11.6 Å². The monoisotopic (exact) mass is 267 g/mol. The predicted octanol–water partition coefficient (Wildman–Crippen LogP) is 1.68. The van der Waals surface area contributed by atoms with Crippen molar-refractivity contribution in [3.05, 3.63) is 34.4 Å². The van der Waals surface area contributed by atoms with Gasteiger partial charge < -0.3 is 5.32 Å². The molecule has 0 saturated carbocycles. The van der Waals surface area contributed by atoms with Gasteiger partial charge in [-0.2, -0.15) is 10.2 Å². The first-order chi connectivity index (χ1) is 8.58. The highest BCUT2D eigenvalue weighted by Gasteiger charge is 2.22. The summed E-state index contributed by atoms with van der Waals surface area (Å²) >= 11 is 6.21. The van der Waals surface area contributed by atoms with E-state index in [0.29, 0.717) is 5.02 Å². The van der Waals surface area contributed by atoms with Gasteiger partial charge in [-0.15, -0.1) is 0 Å². The third kappa shape index (κ3) is 2.15. The molecule has 5 nitrogen and oxygen atoms in total. The fourth-order valence-electron chi connectivity index (χ4n) is 2.16. The lowest BCUT2D eigenvalue weighted by Crippen LogP contribution is -2.23. The van der Waals surface area contributed by atoms with Gasteiger partial charge in [0.15, 0.2) is 0 Å². The lowest BCUT2D eigenvalue weighted by atomic mass is 10.1. The van der Waals surface area contributed by atoms with Gasteiger partial charge in [0.1, 0.15) is 0 Å². The first-order valence-corrected chi connectivity index (χ1v) is 6.33. The van der Waals surface area contributed by atoms with Gasteiger partial charge in [0.25, 0.3) is 0 Å². The van der Waals surface area contributed by atoms with Crippen molar-refractivity contribution in [3.8, 4) is 0 Å². The summed E-state index contributed by atoms with van der Waals surface area (Å²) in [5.74, 6) is 0. The molecule has 18 heavy (non-hydrogen) atoms. The maximum Gasteiger partial charge on any atom is 0.0931 e. The quantitative estimate of drug-likeness (QED) is 0.917. The van der Waals surface area contributed by atoms with Crippen LogP contribution in [0.5, 0.6) is 0 Å². The van der Waals surface area contributed by atoms with Crippen molar-refractivity contribution in [3.63, 3.8) is 0 Å². The summed E-state index contributed by atoms with van der Waals surface area (Å²) in [5.41, 5.74) is 3.11. The van der Waals surface area contributed by atoms with Crippen molar-refractivity contribution in [2.24, 2.45) is 14.1 Å². The minimum Gasteiger partial charge on any atom is -0.307 e. The Kier molecular flexibility index (Phi) is 3.73. The van der Waals surface area contributed by atoms with Crippen molar-refractivity contribution in [2.45, 2.75) is 19.4 Å². The molecule has 0 aromatic carbocycles. The van der Waals surface area contributed by atoms with Crippen LogP contribution < -0.4 is 5.32 Å². The maximum absolute atomic E-state index is 6.21. The van der Waals surface area contributed by atoms with E-state index in [-0.39, 0.29) is 6.04 Å². The molecular weight excluding hydrogens is 250 g/mol. The van der Waals surface area contributed by atoms with Crippen molar-refractivity contribution in [1.82, 2.24) is 24.9 Å². The van der Waals surface area contributed by atoms with E-state index in [4.69, 9.17) is 11.6 Å². The molecule has 2 heterocycles. The van der Waals surface area contributed by atoms with Crippen molar-refractivity contribution < 1.29 is 0 Å². The van der Waals surface area contributed by atoms with Crippen LogP contribution in [0.1, 0.15) is 30.0 Å². The summed E-state index contributed by atoms with van der Waals surface area (Å²) < 4.78 is 3.69. The van der Waals surface area contributed by atoms with Crippen LogP contribution in [0.2, 0.25) is 5.02 Å². The summed E-state index contributed by atoms with van der Waals surface area (Å²) in [4.78, 5) is 0. The number of hydrogen-bond donors (Lipinski definition) is 1. The lowest BCUT2D eigenvalue weighted by Gasteiger charge is -2.17. The zero-order valence-corrected chi connectivity index (χ0v) is 11.9. The van der Waals surface area contributed by atoms with E-state index in [1.807, 2.05) is 25.8 Å². The number of hydrogen-bond acceptors (Lipinski definition) is 3. The molecule has 0 amide bonds. The largest absolute Gasteiger partial charge is 0.307 e. The number of nitrogens with zero attached hydrogens (tertiary/aromatic N) is 4. The summed E-state index contributed by atoms with van der Waals surface area (Å²) in [6, 6.07) is 2.09. The van der Waals surface area contributed by atoms with E-state index < -0.39 is 0 Å². The van der Waals surface area contributed by atoms with E-state index in [1.54, 1.807) is 10.9 Å². The van der Waals surface area contributed by atoms with Gasteiger partial charge in [-0.3, -0.25) is 9.36 Å².